The van der Waals surface area contributed by atoms with Gasteiger partial charge in [0.25, 0.3) is 0 Å². The van der Waals surface area contributed by atoms with Crippen LogP contribution in [0.15, 0.2) is 42.5 Å². The number of rotatable bonds is 5. The van der Waals surface area contributed by atoms with Gasteiger partial charge in [-0.3, -0.25) is 4.79 Å². The first-order valence-electron chi connectivity index (χ1n) is 7.17. The Morgan fingerprint density at radius 3 is 2.43 bits per heavy atom. The highest BCUT2D eigenvalue weighted by molar-refractivity contribution is 5.92. The Bertz CT molecular complexity index is 618. The summed E-state index contributed by atoms with van der Waals surface area (Å²) in [6, 6.07) is 13.6. The number of ether oxygens (including phenoxy) is 1. The smallest absolute Gasteiger partial charge is 0.228 e. The van der Waals surface area contributed by atoms with Crippen molar-refractivity contribution in [1.29, 1.82) is 0 Å². The molecular formula is C18H21NO2. The van der Waals surface area contributed by atoms with E-state index in [4.69, 9.17) is 4.74 Å². The number of hydrogen-bond donors (Lipinski definition) is 1. The standard InChI is InChI=1S/C18H21NO2/c1-4-21-17-9-7-16(8-10-17)19-18(20)12-15-6-5-13(2)11-14(15)3/h5-11H,4,12H2,1-3H3,(H,19,20). The van der Waals surface area contributed by atoms with Gasteiger partial charge in [0.05, 0.1) is 13.0 Å². The van der Waals surface area contributed by atoms with Crippen LogP contribution in [0, 0.1) is 13.8 Å². The molecule has 21 heavy (non-hydrogen) atoms. The van der Waals surface area contributed by atoms with Gasteiger partial charge >= 0.3 is 0 Å². The summed E-state index contributed by atoms with van der Waals surface area (Å²) in [5.74, 6) is 0.802. The van der Waals surface area contributed by atoms with Crippen molar-refractivity contribution in [2.45, 2.75) is 27.2 Å². The minimum absolute atomic E-state index is 0.00823. The maximum atomic E-state index is 12.1. The molecule has 0 fully saturated rings. The molecule has 0 saturated carbocycles. The van der Waals surface area contributed by atoms with Crippen LogP contribution in [0.3, 0.4) is 0 Å². The molecule has 0 atom stereocenters. The molecule has 0 bridgehead atoms. The third kappa shape index (κ3) is 4.35. The lowest BCUT2D eigenvalue weighted by atomic mass is 10.0. The van der Waals surface area contributed by atoms with Crippen molar-refractivity contribution >= 4 is 11.6 Å². The van der Waals surface area contributed by atoms with Gasteiger partial charge in [-0.2, -0.15) is 0 Å². The van der Waals surface area contributed by atoms with Gasteiger partial charge in [-0.05, 0) is 56.2 Å². The number of benzene rings is 2. The number of carbonyl (C=O) groups is 1. The van der Waals surface area contributed by atoms with Crippen LogP contribution in [-0.2, 0) is 11.2 Å². The summed E-state index contributed by atoms with van der Waals surface area (Å²) in [5, 5.41) is 2.91. The predicted molar refractivity (Wildman–Crippen MR) is 85.9 cm³/mol. The van der Waals surface area contributed by atoms with E-state index in [0.29, 0.717) is 13.0 Å². The van der Waals surface area contributed by atoms with Crippen LogP contribution in [0.25, 0.3) is 0 Å². The highest BCUT2D eigenvalue weighted by atomic mass is 16.5. The largest absolute Gasteiger partial charge is 0.494 e. The molecule has 0 aliphatic heterocycles. The number of carbonyl (C=O) groups excluding carboxylic acids is 1. The molecule has 0 aliphatic carbocycles. The molecule has 0 aromatic heterocycles. The predicted octanol–water partition coefficient (Wildman–Crippen LogP) is 3.88. The Labute approximate surface area is 126 Å². The fourth-order valence-electron chi connectivity index (χ4n) is 2.22. The van der Waals surface area contributed by atoms with Gasteiger partial charge in [0, 0.05) is 5.69 Å². The summed E-state index contributed by atoms with van der Waals surface area (Å²) in [4.78, 5) is 12.1. The van der Waals surface area contributed by atoms with Crippen LogP contribution in [0.5, 0.6) is 5.75 Å². The fraction of sp³-hybridized carbons (Fsp3) is 0.278. The van der Waals surface area contributed by atoms with E-state index in [-0.39, 0.29) is 5.91 Å². The van der Waals surface area contributed by atoms with Crippen molar-refractivity contribution in [3.05, 3.63) is 59.2 Å². The SMILES string of the molecule is CCOc1ccc(NC(=O)Cc2ccc(C)cc2C)cc1. The molecule has 3 nitrogen and oxygen atoms in total. The van der Waals surface area contributed by atoms with Crippen LogP contribution >= 0.6 is 0 Å². The molecule has 2 aromatic carbocycles. The first-order valence-corrected chi connectivity index (χ1v) is 7.17. The Hall–Kier alpha value is -2.29. The molecule has 2 aromatic rings. The molecule has 1 amide bonds. The van der Waals surface area contributed by atoms with E-state index in [2.05, 4.69) is 18.3 Å². The number of anilines is 1. The molecule has 0 heterocycles. The van der Waals surface area contributed by atoms with Crippen molar-refractivity contribution in [2.24, 2.45) is 0 Å². The summed E-state index contributed by atoms with van der Waals surface area (Å²) in [6.07, 6.45) is 0.388. The van der Waals surface area contributed by atoms with E-state index in [1.54, 1.807) is 0 Å². The molecule has 0 radical (unpaired) electrons. The molecule has 0 spiro atoms. The van der Waals surface area contributed by atoms with E-state index < -0.39 is 0 Å². The van der Waals surface area contributed by atoms with Gasteiger partial charge in [-0.25, -0.2) is 0 Å². The lowest BCUT2D eigenvalue weighted by Gasteiger charge is -2.09. The Kier molecular flexibility index (Phi) is 4.99. The second-order valence-corrected chi connectivity index (χ2v) is 5.11. The van der Waals surface area contributed by atoms with E-state index >= 15 is 0 Å². The van der Waals surface area contributed by atoms with Crippen molar-refractivity contribution in [3.63, 3.8) is 0 Å². The van der Waals surface area contributed by atoms with E-state index in [1.165, 1.54) is 5.56 Å². The minimum Gasteiger partial charge on any atom is -0.494 e. The molecule has 0 unspecified atom stereocenters. The highest BCUT2D eigenvalue weighted by Gasteiger charge is 2.06. The van der Waals surface area contributed by atoms with Gasteiger partial charge in [0.1, 0.15) is 5.75 Å². The summed E-state index contributed by atoms with van der Waals surface area (Å²) in [5.41, 5.74) is 4.21. The molecular weight excluding hydrogens is 262 g/mol. The van der Waals surface area contributed by atoms with Gasteiger partial charge in [-0.15, -0.1) is 0 Å². The first kappa shape index (κ1) is 15.1. The van der Waals surface area contributed by atoms with Gasteiger partial charge in [-0.1, -0.05) is 23.8 Å². The van der Waals surface area contributed by atoms with Crippen LogP contribution in [0.1, 0.15) is 23.6 Å². The van der Waals surface area contributed by atoms with Crippen LogP contribution in [-0.4, -0.2) is 12.5 Å². The monoisotopic (exact) mass is 283 g/mol. The normalized spacial score (nSPS) is 10.2. The number of hydrogen-bond acceptors (Lipinski definition) is 2. The average molecular weight is 283 g/mol. The molecule has 2 rings (SSSR count). The highest BCUT2D eigenvalue weighted by Crippen LogP contribution is 2.16. The number of nitrogens with one attached hydrogen (secondary N) is 1. The quantitative estimate of drug-likeness (QED) is 0.904. The molecule has 3 heteroatoms. The molecule has 1 N–H and O–H groups in total. The summed E-state index contributed by atoms with van der Waals surface area (Å²) >= 11 is 0. The summed E-state index contributed by atoms with van der Waals surface area (Å²) in [6.45, 7) is 6.67. The zero-order valence-electron chi connectivity index (χ0n) is 12.8. The zero-order valence-corrected chi connectivity index (χ0v) is 12.8. The van der Waals surface area contributed by atoms with E-state index in [9.17, 15) is 4.79 Å². The lowest BCUT2D eigenvalue weighted by Crippen LogP contribution is -2.15. The van der Waals surface area contributed by atoms with E-state index in [0.717, 1.165) is 22.6 Å². The molecule has 0 aliphatic rings. The Balaban J connectivity index is 1.98. The molecule has 0 saturated heterocycles. The fourth-order valence-corrected chi connectivity index (χ4v) is 2.22. The van der Waals surface area contributed by atoms with Crippen LogP contribution in [0.4, 0.5) is 5.69 Å². The maximum Gasteiger partial charge on any atom is 0.228 e. The van der Waals surface area contributed by atoms with Gasteiger partial charge < -0.3 is 10.1 Å². The van der Waals surface area contributed by atoms with Crippen molar-refractivity contribution in [1.82, 2.24) is 0 Å². The third-order valence-electron chi connectivity index (χ3n) is 3.30. The number of amides is 1. The minimum atomic E-state index is -0.00823. The maximum absolute atomic E-state index is 12.1. The first-order chi connectivity index (χ1) is 10.1. The van der Waals surface area contributed by atoms with Crippen LogP contribution < -0.4 is 10.1 Å². The second kappa shape index (κ2) is 6.93. The van der Waals surface area contributed by atoms with E-state index in [1.807, 2.05) is 50.2 Å². The number of aryl methyl sites for hydroxylation is 2. The van der Waals surface area contributed by atoms with Crippen molar-refractivity contribution < 1.29 is 9.53 Å². The summed E-state index contributed by atoms with van der Waals surface area (Å²) in [7, 11) is 0. The van der Waals surface area contributed by atoms with Crippen molar-refractivity contribution in [3.8, 4) is 5.75 Å². The zero-order chi connectivity index (χ0) is 15.2. The topological polar surface area (TPSA) is 38.3 Å². The Morgan fingerprint density at radius 2 is 1.81 bits per heavy atom. The summed E-state index contributed by atoms with van der Waals surface area (Å²) < 4.78 is 5.38. The lowest BCUT2D eigenvalue weighted by molar-refractivity contribution is -0.115. The van der Waals surface area contributed by atoms with Gasteiger partial charge in [0.2, 0.25) is 5.91 Å². The second-order valence-electron chi connectivity index (χ2n) is 5.11. The van der Waals surface area contributed by atoms with Crippen LogP contribution in [0.2, 0.25) is 0 Å². The Morgan fingerprint density at radius 1 is 1.10 bits per heavy atom. The van der Waals surface area contributed by atoms with Gasteiger partial charge in [0.15, 0.2) is 0 Å². The van der Waals surface area contributed by atoms with Crippen molar-refractivity contribution in [2.75, 3.05) is 11.9 Å². The third-order valence-corrected chi connectivity index (χ3v) is 3.30. The average Bonchev–Trinajstić information content (AvgIpc) is 2.44. The molecule has 110 valence electrons.